The molecule has 2 aromatic heterocycles. The molecule has 0 unspecified atom stereocenters. The zero-order chi connectivity index (χ0) is 17.8. The molecule has 0 aliphatic heterocycles. The summed E-state index contributed by atoms with van der Waals surface area (Å²) in [6.45, 7) is 6.08. The number of nitrogens with one attached hydrogen (secondary N) is 2. The molecule has 2 N–H and O–H groups in total. The van der Waals surface area contributed by atoms with Crippen molar-refractivity contribution in [3.05, 3.63) is 65.7 Å². The summed E-state index contributed by atoms with van der Waals surface area (Å²) in [6, 6.07) is 13.4. The second kappa shape index (κ2) is 7.17. The van der Waals surface area contributed by atoms with Gasteiger partial charge in [0.2, 0.25) is 0 Å². The molecule has 2 heterocycles. The van der Waals surface area contributed by atoms with Crippen LogP contribution in [0.15, 0.2) is 53.2 Å². The highest BCUT2D eigenvalue weighted by atomic mass is 16.5. The van der Waals surface area contributed by atoms with Crippen molar-refractivity contribution in [2.45, 2.75) is 26.7 Å². The van der Waals surface area contributed by atoms with Crippen LogP contribution in [0.4, 0.5) is 17.2 Å². The number of carbonyl (C=O) groups is 1. The molecule has 1 amide bonds. The second-order valence-electron chi connectivity index (χ2n) is 6.11. The maximum Gasteiger partial charge on any atom is 0.275 e. The Morgan fingerprint density at radius 1 is 1.08 bits per heavy atom. The van der Waals surface area contributed by atoms with Crippen molar-refractivity contribution in [2.24, 2.45) is 0 Å². The third kappa shape index (κ3) is 4.23. The minimum atomic E-state index is -0.341. The Balaban J connectivity index is 1.71. The standard InChI is InChI=1S/C19H20N4O2/c1-12(2)14-4-6-15(7-5-14)21-16-8-9-20-17(11-16)19(24)22-18-10-13(3)25-23-18/h4-12H,1-3H3,(H,20,21)(H,22,23,24). The van der Waals surface area contributed by atoms with Gasteiger partial charge in [-0.05, 0) is 42.7 Å². The first-order valence-corrected chi connectivity index (χ1v) is 8.09. The Morgan fingerprint density at radius 2 is 1.84 bits per heavy atom. The van der Waals surface area contributed by atoms with Gasteiger partial charge >= 0.3 is 0 Å². The van der Waals surface area contributed by atoms with E-state index in [0.717, 1.165) is 11.4 Å². The van der Waals surface area contributed by atoms with Crippen LogP contribution in [0.5, 0.6) is 0 Å². The van der Waals surface area contributed by atoms with E-state index in [4.69, 9.17) is 4.52 Å². The number of pyridine rings is 1. The molecule has 0 fully saturated rings. The minimum Gasteiger partial charge on any atom is -0.360 e. The number of nitrogens with zero attached hydrogens (tertiary/aromatic N) is 2. The first-order chi connectivity index (χ1) is 12.0. The van der Waals surface area contributed by atoms with Gasteiger partial charge in [-0.2, -0.15) is 0 Å². The first kappa shape index (κ1) is 16.7. The topological polar surface area (TPSA) is 80.0 Å². The molecule has 25 heavy (non-hydrogen) atoms. The summed E-state index contributed by atoms with van der Waals surface area (Å²) in [5, 5.41) is 9.68. The number of anilines is 3. The maximum absolute atomic E-state index is 12.3. The predicted octanol–water partition coefficient (Wildman–Crippen LogP) is 4.50. The lowest BCUT2D eigenvalue weighted by atomic mass is 10.0. The van der Waals surface area contributed by atoms with Crippen LogP contribution in [0.2, 0.25) is 0 Å². The van der Waals surface area contributed by atoms with E-state index >= 15 is 0 Å². The zero-order valence-corrected chi connectivity index (χ0v) is 14.4. The number of carbonyl (C=O) groups excluding carboxylic acids is 1. The Kier molecular flexibility index (Phi) is 4.79. The van der Waals surface area contributed by atoms with Gasteiger partial charge in [0.1, 0.15) is 11.5 Å². The van der Waals surface area contributed by atoms with Gasteiger partial charge in [0, 0.05) is 23.6 Å². The number of aromatic nitrogens is 2. The summed E-state index contributed by atoms with van der Waals surface area (Å²) >= 11 is 0. The van der Waals surface area contributed by atoms with Crippen LogP contribution in [0.1, 0.15) is 41.6 Å². The number of hydrogen-bond donors (Lipinski definition) is 2. The van der Waals surface area contributed by atoms with Gasteiger partial charge in [0.05, 0.1) is 0 Å². The average Bonchev–Trinajstić information content (AvgIpc) is 3.00. The maximum atomic E-state index is 12.3. The van der Waals surface area contributed by atoms with Crippen LogP contribution >= 0.6 is 0 Å². The van der Waals surface area contributed by atoms with Crippen molar-refractivity contribution < 1.29 is 9.32 Å². The molecule has 0 radical (unpaired) electrons. The van der Waals surface area contributed by atoms with Crippen molar-refractivity contribution in [1.29, 1.82) is 0 Å². The average molecular weight is 336 g/mol. The summed E-state index contributed by atoms with van der Waals surface area (Å²) in [6.07, 6.45) is 1.59. The van der Waals surface area contributed by atoms with Gasteiger partial charge in [0.25, 0.3) is 5.91 Å². The molecule has 0 saturated carbocycles. The van der Waals surface area contributed by atoms with Gasteiger partial charge in [-0.3, -0.25) is 9.78 Å². The second-order valence-corrected chi connectivity index (χ2v) is 6.11. The van der Waals surface area contributed by atoms with E-state index in [1.807, 2.05) is 18.2 Å². The molecule has 6 heteroatoms. The molecule has 0 saturated heterocycles. The Morgan fingerprint density at radius 3 is 2.48 bits per heavy atom. The van der Waals surface area contributed by atoms with Crippen LogP contribution in [0.25, 0.3) is 0 Å². The zero-order valence-electron chi connectivity index (χ0n) is 14.4. The quantitative estimate of drug-likeness (QED) is 0.717. The van der Waals surface area contributed by atoms with Crippen molar-refractivity contribution >= 4 is 23.1 Å². The van der Waals surface area contributed by atoms with Gasteiger partial charge in [-0.1, -0.05) is 31.1 Å². The Hall–Kier alpha value is -3.15. The third-order valence-corrected chi connectivity index (χ3v) is 3.73. The molecule has 0 spiro atoms. The van der Waals surface area contributed by atoms with Gasteiger partial charge in [0.15, 0.2) is 5.82 Å². The number of rotatable bonds is 5. The third-order valence-electron chi connectivity index (χ3n) is 3.73. The fraction of sp³-hybridized carbons (Fsp3) is 0.211. The molecule has 0 bridgehead atoms. The van der Waals surface area contributed by atoms with E-state index in [1.165, 1.54) is 5.56 Å². The van der Waals surface area contributed by atoms with Gasteiger partial charge in [-0.15, -0.1) is 0 Å². The molecule has 3 rings (SSSR count). The minimum absolute atomic E-state index is 0.296. The van der Waals surface area contributed by atoms with E-state index in [0.29, 0.717) is 23.2 Å². The van der Waals surface area contributed by atoms with E-state index in [2.05, 4.69) is 46.8 Å². The van der Waals surface area contributed by atoms with Crippen LogP contribution in [0.3, 0.4) is 0 Å². The van der Waals surface area contributed by atoms with Crippen LogP contribution in [-0.2, 0) is 0 Å². The highest BCUT2D eigenvalue weighted by Gasteiger charge is 2.11. The van der Waals surface area contributed by atoms with Crippen LogP contribution < -0.4 is 10.6 Å². The molecule has 0 atom stereocenters. The molecular weight excluding hydrogens is 316 g/mol. The van der Waals surface area contributed by atoms with E-state index in [1.54, 1.807) is 25.3 Å². The molecular formula is C19H20N4O2. The molecule has 3 aromatic rings. The summed E-state index contributed by atoms with van der Waals surface area (Å²) in [5.41, 5.74) is 3.32. The summed E-state index contributed by atoms with van der Waals surface area (Å²) in [5.74, 6) is 1.15. The fourth-order valence-corrected chi connectivity index (χ4v) is 2.36. The van der Waals surface area contributed by atoms with Crippen molar-refractivity contribution in [3.8, 4) is 0 Å². The lowest BCUT2D eigenvalue weighted by molar-refractivity contribution is 0.102. The highest BCUT2D eigenvalue weighted by Crippen LogP contribution is 2.21. The highest BCUT2D eigenvalue weighted by molar-refractivity contribution is 6.02. The van der Waals surface area contributed by atoms with Crippen molar-refractivity contribution in [1.82, 2.24) is 10.1 Å². The monoisotopic (exact) mass is 336 g/mol. The molecule has 128 valence electrons. The fourth-order valence-electron chi connectivity index (χ4n) is 2.36. The van der Waals surface area contributed by atoms with E-state index in [9.17, 15) is 4.79 Å². The lowest BCUT2D eigenvalue weighted by Gasteiger charge is -2.10. The smallest absolute Gasteiger partial charge is 0.275 e. The Labute approximate surface area is 146 Å². The summed E-state index contributed by atoms with van der Waals surface area (Å²) in [4.78, 5) is 16.4. The Bertz CT molecular complexity index is 869. The first-order valence-electron chi connectivity index (χ1n) is 8.09. The number of hydrogen-bond acceptors (Lipinski definition) is 5. The number of aryl methyl sites for hydroxylation is 1. The molecule has 0 aliphatic carbocycles. The van der Waals surface area contributed by atoms with Gasteiger partial charge < -0.3 is 15.2 Å². The predicted molar refractivity (Wildman–Crippen MR) is 97.2 cm³/mol. The van der Waals surface area contributed by atoms with E-state index < -0.39 is 0 Å². The summed E-state index contributed by atoms with van der Waals surface area (Å²) < 4.78 is 4.93. The van der Waals surface area contributed by atoms with Crippen LogP contribution in [-0.4, -0.2) is 16.0 Å². The molecule has 0 aliphatic rings. The largest absolute Gasteiger partial charge is 0.360 e. The van der Waals surface area contributed by atoms with E-state index in [-0.39, 0.29) is 5.91 Å². The van der Waals surface area contributed by atoms with Crippen molar-refractivity contribution in [3.63, 3.8) is 0 Å². The van der Waals surface area contributed by atoms with Crippen molar-refractivity contribution in [2.75, 3.05) is 10.6 Å². The lowest BCUT2D eigenvalue weighted by Crippen LogP contribution is -2.14. The molecule has 1 aromatic carbocycles. The molecule has 6 nitrogen and oxygen atoms in total. The van der Waals surface area contributed by atoms with Crippen LogP contribution in [0, 0.1) is 6.92 Å². The number of amides is 1. The number of benzene rings is 1. The SMILES string of the molecule is Cc1cc(NC(=O)c2cc(Nc3ccc(C(C)C)cc3)ccn2)no1. The van der Waals surface area contributed by atoms with Gasteiger partial charge in [-0.25, -0.2) is 0 Å². The summed E-state index contributed by atoms with van der Waals surface area (Å²) in [7, 11) is 0. The normalized spacial score (nSPS) is 10.7.